The molecule has 2 heterocycles. The number of para-hydroxylation sites is 1. The number of H-pyrrole nitrogens is 1. The molecule has 0 saturated carbocycles. The van der Waals surface area contributed by atoms with Crippen molar-refractivity contribution in [2.24, 2.45) is 0 Å². The summed E-state index contributed by atoms with van der Waals surface area (Å²) in [5.74, 6) is -0.651. The van der Waals surface area contributed by atoms with Gasteiger partial charge in [0.05, 0.1) is 29.3 Å². The quantitative estimate of drug-likeness (QED) is 0.886. The predicted molar refractivity (Wildman–Crippen MR) is 85.7 cm³/mol. The van der Waals surface area contributed by atoms with Gasteiger partial charge in [-0.15, -0.1) is 0 Å². The smallest absolute Gasteiger partial charge is 0.253 e. The molecule has 0 spiro atoms. The first kappa shape index (κ1) is 15.6. The molecule has 1 aliphatic rings. The molecule has 24 heavy (non-hydrogen) atoms. The van der Waals surface area contributed by atoms with Crippen LogP contribution < -0.4 is 5.32 Å². The lowest BCUT2D eigenvalue weighted by atomic mass is 10.1. The third kappa shape index (κ3) is 2.68. The number of hydrogen-bond donors (Lipinski definition) is 2. The van der Waals surface area contributed by atoms with Crippen LogP contribution in [-0.2, 0) is 4.79 Å². The van der Waals surface area contributed by atoms with Crippen LogP contribution in [0.4, 0.5) is 0 Å². The Morgan fingerprint density at radius 2 is 2.21 bits per heavy atom. The van der Waals surface area contributed by atoms with E-state index in [0.717, 1.165) is 6.42 Å². The van der Waals surface area contributed by atoms with E-state index in [-0.39, 0.29) is 12.5 Å². The minimum atomic E-state index is -0.402. The van der Waals surface area contributed by atoms with E-state index >= 15 is 0 Å². The van der Waals surface area contributed by atoms with Gasteiger partial charge >= 0.3 is 0 Å². The molecule has 0 bridgehead atoms. The van der Waals surface area contributed by atoms with Crippen molar-refractivity contribution in [3.63, 3.8) is 0 Å². The van der Waals surface area contributed by atoms with E-state index in [9.17, 15) is 9.59 Å². The van der Waals surface area contributed by atoms with Crippen molar-refractivity contribution in [1.29, 1.82) is 10.5 Å². The van der Waals surface area contributed by atoms with Crippen molar-refractivity contribution in [3.05, 3.63) is 35.5 Å². The number of fused-ring (bicyclic) bond motifs is 1. The Morgan fingerprint density at radius 3 is 2.96 bits per heavy atom. The zero-order valence-corrected chi connectivity index (χ0v) is 12.9. The molecule has 3 rings (SSSR count). The Labute approximate surface area is 138 Å². The van der Waals surface area contributed by atoms with Crippen LogP contribution in [0.5, 0.6) is 0 Å². The van der Waals surface area contributed by atoms with Crippen LogP contribution in [0.25, 0.3) is 10.9 Å². The highest BCUT2D eigenvalue weighted by atomic mass is 16.2. The largest absolute Gasteiger partial charge is 0.359 e. The molecule has 1 aliphatic heterocycles. The van der Waals surface area contributed by atoms with Crippen molar-refractivity contribution >= 4 is 22.7 Å². The van der Waals surface area contributed by atoms with Crippen molar-refractivity contribution in [3.8, 4) is 12.1 Å². The van der Waals surface area contributed by atoms with Crippen molar-refractivity contribution in [2.75, 3.05) is 13.1 Å². The normalized spacial score (nSPS) is 16.6. The maximum Gasteiger partial charge on any atom is 0.253 e. The van der Waals surface area contributed by atoms with Crippen LogP contribution in [0.2, 0.25) is 0 Å². The van der Waals surface area contributed by atoms with E-state index in [1.54, 1.807) is 18.2 Å². The highest BCUT2D eigenvalue weighted by Gasteiger charge is 2.28. The summed E-state index contributed by atoms with van der Waals surface area (Å²) in [4.78, 5) is 28.9. The highest BCUT2D eigenvalue weighted by Crippen LogP contribution is 2.21. The molecule has 1 fully saturated rings. The van der Waals surface area contributed by atoms with Gasteiger partial charge in [0.1, 0.15) is 12.1 Å². The molecular formula is C17H15N5O2. The molecule has 0 aliphatic carbocycles. The predicted octanol–water partition coefficient (Wildman–Crippen LogP) is 1.28. The lowest BCUT2D eigenvalue weighted by Gasteiger charge is -2.19. The molecule has 2 aromatic rings. The topological polar surface area (TPSA) is 113 Å². The van der Waals surface area contributed by atoms with Gasteiger partial charge in [0, 0.05) is 18.1 Å². The maximum atomic E-state index is 12.3. The average molecular weight is 321 g/mol. The monoisotopic (exact) mass is 321 g/mol. The summed E-state index contributed by atoms with van der Waals surface area (Å²) < 4.78 is 0. The number of carbonyl (C=O) groups excluding carboxylic acids is 2. The Bertz CT molecular complexity index is 886. The van der Waals surface area contributed by atoms with Crippen molar-refractivity contribution in [2.45, 2.75) is 18.9 Å². The van der Waals surface area contributed by atoms with Gasteiger partial charge in [0.2, 0.25) is 5.91 Å². The minimum absolute atomic E-state index is 0.151. The number of nitrogens with one attached hydrogen (secondary N) is 2. The fraction of sp³-hybridized carbons (Fsp3) is 0.294. The van der Waals surface area contributed by atoms with E-state index < -0.39 is 11.9 Å². The van der Waals surface area contributed by atoms with Gasteiger partial charge in [-0.05, 0) is 18.9 Å². The summed E-state index contributed by atoms with van der Waals surface area (Å²) in [5, 5.41) is 21.3. The zero-order chi connectivity index (χ0) is 17.1. The lowest BCUT2D eigenvalue weighted by Crippen LogP contribution is -2.42. The lowest BCUT2D eigenvalue weighted by molar-refractivity contribution is -0.130. The third-order valence-electron chi connectivity index (χ3n) is 4.20. The second-order valence-corrected chi connectivity index (χ2v) is 5.60. The molecule has 2 N–H and O–H groups in total. The van der Waals surface area contributed by atoms with Crippen molar-refractivity contribution in [1.82, 2.24) is 15.2 Å². The molecule has 1 atom stereocenters. The summed E-state index contributed by atoms with van der Waals surface area (Å²) in [6.07, 6.45) is 3.01. The van der Waals surface area contributed by atoms with Gasteiger partial charge in [-0.1, -0.05) is 12.1 Å². The van der Waals surface area contributed by atoms with Gasteiger partial charge in [-0.25, -0.2) is 0 Å². The number of likely N-dealkylation sites (tertiary alicyclic amines) is 1. The van der Waals surface area contributed by atoms with Crippen LogP contribution in [0, 0.1) is 22.7 Å². The van der Waals surface area contributed by atoms with Crippen LogP contribution in [-0.4, -0.2) is 40.8 Å². The zero-order valence-electron chi connectivity index (χ0n) is 12.9. The van der Waals surface area contributed by atoms with E-state index in [1.807, 2.05) is 0 Å². The first-order chi connectivity index (χ1) is 11.7. The first-order valence-corrected chi connectivity index (χ1v) is 7.63. The van der Waals surface area contributed by atoms with E-state index in [4.69, 9.17) is 10.5 Å². The fourth-order valence-corrected chi connectivity index (χ4v) is 2.99. The van der Waals surface area contributed by atoms with Crippen LogP contribution >= 0.6 is 0 Å². The maximum absolute atomic E-state index is 12.3. The summed E-state index contributed by atoms with van der Waals surface area (Å²) >= 11 is 0. The fourth-order valence-electron chi connectivity index (χ4n) is 2.99. The number of hydrogen-bond acceptors (Lipinski definition) is 4. The molecule has 120 valence electrons. The first-order valence-electron chi connectivity index (χ1n) is 7.63. The Balaban J connectivity index is 1.71. The van der Waals surface area contributed by atoms with Crippen LogP contribution in [0.1, 0.15) is 28.8 Å². The molecule has 0 radical (unpaired) electrons. The Morgan fingerprint density at radius 1 is 1.38 bits per heavy atom. The van der Waals surface area contributed by atoms with Crippen LogP contribution in [0.15, 0.2) is 24.4 Å². The van der Waals surface area contributed by atoms with Gasteiger partial charge in [0.25, 0.3) is 5.91 Å². The summed E-state index contributed by atoms with van der Waals surface area (Å²) in [5.41, 5.74) is 1.44. The standard InChI is InChI=1S/C17H15N5O2/c18-7-11-3-1-5-13-14(9-20-16(11)13)17(24)21-10-15(23)22-6-2-4-12(22)8-19/h1,3,5,9,12,20H,2,4,6,10H2,(H,21,24)/t12-/m0/s1. The minimum Gasteiger partial charge on any atom is -0.359 e. The highest BCUT2D eigenvalue weighted by molar-refractivity contribution is 6.08. The summed E-state index contributed by atoms with van der Waals surface area (Å²) in [7, 11) is 0. The molecule has 0 unspecified atom stereocenters. The van der Waals surface area contributed by atoms with Gasteiger partial charge in [0.15, 0.2) is 0 Å². The van der Waals surface area contributed by atoms with Gasteiger partial charge in [-0.2, -0.15) is 10.5 Å². The van der Waals surface area contributed by atoms with E-state index in [1.165, 1.54) is 11.1 Å². The third-order valence-corrected chi connectivity index (χ3v) is 4.20. The number of amides is 2. The number of carbonyl (C=O) groups is 2. The van der Waals surface area contributed by atoms with Crippen LogP contribution in [0.3, 0.4) is 0 Å². The number of rotatable bonds is 3. The molecule has 7 heteroatoms. The second kappa shape index (κ2) is 6.43. The summed E-state index contributed by atoms with van der Waals surface area (Å²) in [6, 6.07) is 8.89. The molecular weight excluding hydrogens is 306 g/mol. The van der Waals surface area contributed by atoms with Gasteiger partial charge < -0.3 is 15.2 Å². The molecule has 1 saturated heterocycles. The number of aromatic amines is 1. The second-order valence-electron chi connectivity index (χ2n) is 5.60. The number of benzene rings is 1. The van der Waals surface area contributed by atoms with Crippen molar-refractivity contribution < 1.29 is 9.59 Å². The SMILES string of the molecule is N#Cc1cccc2c(C(=O)NCC(=O)N3CCC[C@H]3C#N)c[nH]c12. The molecule has 7 nitrogen and oxygen atoms in total. The average Bonchev–Trinajstić information content (AvgIpc) is 3.25. The summed E-state index contributed by atoms with van der Waals surface area (Å²) in [6.45, 7) is 0.396. The molecule has 1 aromatic heterocycles. The molecule has 1 aromatic carbocycles. The number of nitriles is 2. The number of aromatic nitrogens is 1. The van der Waals surface area contributed by atoms with E-state index in [2.05, 4.69) is 22.4 Å². The molecule has 2 amide bonds. The van der Waals surface area contributed by atoms with Gasteiger partial charge in [-0.3, -0.25) is 9.59 Å². The Hall–Kier alpha value is -3.32. The van der Waals surface area contributed by atoms with E-state index in [0.29, 0.717) is 35.0 Å². The number of nitrogens with zero attached hydrogens (tertiary/aromatic N) is 3. The Kier molecular flexibility index (Phi) is 4.17.